The summed E-state index contributed by atoms with van der Waals surface area (Å²) in [5.74, 6) is 0.226. The minimum absolute atomic E-state index is 0.226. The van der Waals surface area contributed by atoms with E-state index in [-0.39, 0.29) is 5.76 Å². The van der Waals surface area contributed by atoms with Gasteiger partial charge in [0.25, 0.3) is 0 Å². The molecule has 23 heavy (non-hydrogen) atoms. The molecule has 0 aromatic heterocycles. The summed E-state index contributed by atoms with van der Waals surface area (Å²) in [6.45, 7) is -0.700. The molecule has 6 heteroatoms. The van der Waals surface area contributed by atoms with Gasteiger partial charge >= 0.3 is 12.7 Å². The first kappa shape index (κ1) is 15.4. The molecule has 0 aliphatic carbocycles. The molecule has 0 saturated carbocycles. The lowest BCUT2D eigenvalue weighted by Gasteiger charge is -2.36. The molecular weight excluding hydrogens is 302 g/mol. The van der Waals surface area contributed by atoms with Gasteiger partial charge in [-0.3, -0.25) is 0 Å². The normalized spacial score (nSPS) is 17.0. The van der Waals surface area contributed by atoms with Crippen molar-refractivity contribution in [1.29, 1.82) is 0 Å². The predicted octanol–water partition coefficient (Wildman–Crippen LogP) is 1.26. The van der Waals surface area contributed by atoms with Crippen molar-refractivity contribution < 1.29 is 22.7 Å². The molecular formula is C17H15BF3NO. The standard InChI is InChI=1S/C17H15BF3NO/c1-13-12-16(17(19,20)21)22-18(23-13,14-8-4-2-5-9-14)15-10-6-3-7-11-15/h2-12,22H,1H3. The Hall–Kier alpha value is -2.50. The highest BCUT2D eigenvalue weighted by atomic mass is 19.4. The molecule has 2 aromatic carbocycles. The Morgan fingerprint density at radius 2 is 1.35 bits per heavy atom. The van der Waals surface area contributed by atoms with Crippen molar-refractivity contribution >= 4 is 23.1 Å². The lowest BCUT2D eigenvalue weighted by molar-refractivity contribution is -0.339. The summed E-state index contributed by atoms with van der Waals surface area (Å²) < 4.78 is 45.9. The van der Waals surface area contributed by atoms with Crippen LogP contribution < -0.4 is 15.8 Å². The topological polar surface area (TPSA) is 23.2 Å². The first-order chi connectivity index (χ1) is 10.9. The van der Waals surface area contributed by atoms with Gasteiger partial charge < -0.3 is 9.56 Å². The van der Waals surface area contributed by atoms with Gasteiger partial charge in [0.15, 0.2) is 0 Å². The highest BCUT2D eigenvalue weighted by Crippen LogP contribution is 2.19. The van der Waals surface area contributed by atoms with Crippen molar-refractivity contribution in [3.8, 4) is 0 Å². The van der Waals surface area contributed by atoms with Crippen LogP contribution >= 0.6 is 0 Å². The van der Waals surface area contributed by atoms with E-state index in [1.807, 2.05) is 12.1 Å². The number of nitrogens with one attached hydrogen (secondary N) is 1. The molecule has 2 aromatic rings. The van der Waals surface area contributed by atoms with Crippen LogP contribution in [0.15, 0.2) is 72.5 Å². The molecule has 118 valence electrons. The molecule has 1 N–H and O–H groups in total. The number of allylic oxidation sites excluding steroid dienone is 2. The molecule has 0 saturated heterocycles. The maximum atomic E-state index is 13.3. The molecule has 3 rings (SSSR count). The number of alkyl halides is 3. The van der Waals surface area contributed by atoms with Gasteiger partial charge in [-0.2, -0.15) is 13.2 Å². The van der Waals surface area contributed by atoms with Crippen LogP contribution in [0.3, 0.4) is 0 Å². The van der Waals surface area contributed by atoms with Crippen LogP contribution in [0, 0.1) is 0 Å². The van der Waals surface area contributed by atoms with Gasteiger partial charge in [-0.15, -0.1) is 0 Å². The molecule has 2 nitrogen and oxygen atoms in total. The van der Waals surface area contributed by atoms with Gasteiger partial charge in [-0.05, 0) is 6.92 Å². The van der Waals surface area contributed by atoms with Crippen LogP contribution in [0.5, 0.6) is 0 Å². The van der Waals surface area contributed by atoms with Crippen molar-refractivity contribution in [3.63, 3.8) is 0 Å². The smallest absolute Gasteiger partial charge is 0.506 e. The monoisotopic (exact) mass is 317 g/mol. The van der Waals surface area contributed by atoms with Crippen molar-refractivity contribution in [1.82, 2.24) is 0 Å². The fourth-order valence-electron chi connectivity index (χ4n) is 2.91. The van der Waals surface area contributed by atoms with E-state index in [2.05, 4.69) is 4.90 Å². The van der Waals surface area contributed by atoms with Gasteiger partial charge in [0.2, 0.25) is 5.71 Å². The lowest BCUT2D eigenvalue weighted by Crippen LogP contribution is -3.02. The van der Waals surface area contributed by atoms with Crippen LogP contribution in [-0.2, 0) is 4.65 Å². The summed E-state index contributed by atoms with van der Waals surface area (Å²) in [5, 5.41) is 0. The molecule has 1 aliphatic rings. The zero-order valence-corrected chi connectivity index (χ0v) is 12.5. The molecule has 0 spiro atoms. The van der Waals surface area contributed by atoms with Crippen LogP contribution in [0.1, 0.15) is 6.92 Å². The van der Waals surface area contributed by atoms with E-state index in [0.29, 0.717) is 10.9 Å². The Labute approximate surface area is 132 Å². The highest BCUT2D eigenvalue weighted by molar-refractivity contribution is 6.91. The summed E-state index contributed by atoms with van der Waals surface area (Å²) in [7, 11) is 0. The Bertz CT molecular complexity index is 715. The van der Waals surface area contributed by atoms with Crippen molar-refractivity contribution in [2.24, 2.45) is 0 Å². The quantitative estimate of drug-likeness (QED) is 0.828. The van der Waals surface area contributed by atoms with Crippen molar-refractivity contribution in [2.75, 3.05) is 0 Å². The average molecular weight is 317 g/mol. The van der Waals surface area contributed by atoms with Crippen molar-refractivity contribution in [2.45, 2.75) is 13.1 Å². The largest absolute Gasteiger partial charge is 0.654 e. The number of benzene rings is 2. The minimum atomic E-state index is -4.47. The fraction of sp³-hybridized carbons (Fsp3) is 0.118. The Morgan fingerprint density at radius 1 is 0.870 bits per heavy atom. The third kappa shape index (κ3) is 2.89. The second kappa shape index (κ2) is 5.61. The Kier molecular flexibility index (Phi) is 3.76. The number of hydrogen-bond acceptors (Lipinski definition) is 1. The first-order valence-corrected chi connectivity index (χ1v) is 7.27. The summed E-state index contributed by atoms with van der Waals surface area (Å²) in [6.07, 6.45) is -3.48. The van der Waals surface area contributed by atoms with Gasteiger partial charge in [-0.1, -0.05) is 71.6 Å². The van der Waals surface area contributed by atoms with Gasteiger partial charge in [0.05, 0.1) is 5.76 Å². The van der Waals surface area contributed by atoms with Gasteiger partial charge in [-0.25, -0.2) is 0 Å². The average Bonchev–Trinajstić information content (AvgIpc) is 2.55. The summed E-state index contributed by atoms with van der Waals surface area (Å²) in [5.41, 5.74) is 0.523. The zero-order valence-electron chi connectivity index (χ0n) is 12.5. The molecule has 1 aliphatic heterocycles. The molecule has 0 atom stereocenters. The predicted molar refractivity (Wildman–Crippen MR) is 84.8 cm³/mol. The molecule has 0 bridgehead atoms. The third-order valence-corrected chi connectivity index (χ3v) is 3.91. The first-order valence-electron chi connectivity index (χ1n) is 7.27. The van der Waals surface area contributed by atoms with E-state index in [4.69, 9.17) is 4.65 Å². The third-order valence-electron chi connectivity index (χ3n) is 3.91. The Morgan fingerprint density at radius 3 is 1.78 bits per heavy atom. The molecule has 0 fully saturated rings. The molecule has 0 radical (unpaired) electrons. The second-order valence-corrected chi connectivity index (χ2v) is 5.54. The maximum Gasteiger partial charge on any atom is 0.506 e. The lowest BCUT2D eigenvalue weighted by atomic mass is 9.42. The Balaban J connectivity index is 2.26. The number of hydrogen-bond donors (Lipinski definition) is 1. The van der Waals surface area contributed by atoms with Crippen LogP contribution in [0.4, 0.5) is 13.2 Å². The van der Waals surface area contributed by atoms with E-state index in [1.165, 1.54) is 6.92 Å². The van der Waals surface area contributed by atoms with E-state index >= 15 is 0 Å². The fourth-order valence-corrected chi connectivity index (χ4v) is 2.91. The molecule has 0 amide bonds. The van der Waals surface area contributed by atoms with E-state index < -0.39 is 18.4 Å². The summed E-state index contributed by atoms with van der Waals surface area (Å²) in [4.78, 5) is 2.63. The number of rotatable bonds is 2. The van der Waals surface area contributed by atoms with Crippen LogP contribution in [0.2, 0.25) is 0 Å². The summed E-state index contributed by atoms with van der Waals surface area (Å²) in [6, 6.07) is 17.9. The number of halogens is 3. The zero-order chi connectivity index (χ0) is 16.5. The molecule has 1 heterocycles. The second-order valence-electron chi connectivity index (χ2n) is 5.54. The van der Waals surface area contributed by atoms with E-state index in [1.54, 1.807) is 48.5 Å². The van der Waals surface area contributed by atoms with Crippen molar-refractivity contribution in [3.05, 3.63) is 72.5 Å². The van der Waals surface area contributed by atoms with E-state index in [0.717, 1.165) is 6.08 Å². The van der Waals surface area contributed by atoms with Crippen LogP contribution in [-0.4, -0.2) is 18.4 Å². The van der Waals surface area contributed by atoms with Gasteiger partial charge in [0, 0.05) is 6.08 Å². The molecule has 0 unspecified atom stereocenters. The summed E-state index contributed by atoms with van der Waals surface area (Å²) >= 11 is 0. The highest BCUT2D eigenvalue weighted by Gasteiger charge is 2.48. The maximum absolute atomic E-state index is 13.3. The minimum Gasteiger partial charge on any atom is -0.654 e. The van der Waals surface area contributed by atoms with Gasteiger partial charge in [0.1, 0.15) is 0 Å². The van der Waals surface area contributed by atoms with E-state index in [9.17, 15) is 13.2 Å². The SMILES string of the molecule is CC1=CC(C(F)(F)F)=[NH+][B-](c2ccccc2)(c2ccccc2)O1. The van der Waals surface area contributed by atoms with Crippen LogP contribution in [0.25, 0.3) is 0 Å².